The van der Waals surface area contributed by atoms with E-state index < -0.39 is 10.9 Å². The van der Waals surface area contributed by atoms with E-state index in [4.69, 9.17) is 9.15 Å². The lowest BCUT2D eigenvalue weighted by Gasteiger charge is -2.10. The highest BCUT2D eigenvalue weighted by Crippen LogP contribution is 2.31. The van der Waals surface area contributed by atoms with E-state index in [1.807, 2.05) is 0 Å². The summed E-state index contributed by atoms with van der Waals surface area (Å²) in [6, 6.07) is 9.79. The number of carbonyl (C=O) groups excluding carboxylic acids is 1. The number of hydrogen-bond donors (Lipinski definition) is 2. The minimum absolute atomic E-state index is 0.0193. The summed E-state index contributed by atoms with van der Waals surface area (Å²) in [7, 11) is 0. The first kappa shape index (κ1) is 18.8. The molecule has 3 rings (SSSR count). The largest absolute Gasteiger partial charge is 0.467 e. The minimum Gasteiger partial charge on any atom is -0.467 e. The van der Waals surface area contributed by atoms with Gasteiger partial charge in [0.05, 0.1) is 29.9 Å². The van der Waals surface area contributed by atoms with Gasteiger partial charge in [-0.3, -0.25) is 10.1 Å². The second-order valence-electron chi connectivity index (χ2n) is 5.53. The third-order valence-corrected chi connectivity index (χ3v) is 3.67. The molecule has 0 bridgehead atoms. The van der Waals surface area contributed by atoms with E-state index in [1.165, 1.54) is 12.6 Å². The van der Waals surface area contributed by atoms with Crippen molar-refractivity contribution in [3.8, 4) is 0 Å². The fraction of sp³-hybridized carbons (Fsp3) is 0.167. The summed E-state index contributed by atoms with van der Waals surface area (Å²) in [6.07, 6.45) is 2.73. The summed E-state index contributed by atoms with van der Waals surface area (Å²) in [5.41, 5.74) is 0.598. The number of rotatable bonds is 8. The summed E-state index contributed by atoms with van der Waals surface area (Å²) in [4.78, 5) is 30.6. The zero-order chi connectivity index (χ0) is 19.9. The van der Waals surface area contributed by atoms with Crippen LogP contribution >= 0.6 is 0 Å². The Kier molecular flexibility index (Phi) is 5.80. The van der Waals surface area contributed by atoms with Crippen LogP contribution in [0.25, 0.3) is 0 Å². The van der Waals surface area contributed by atoms with Crippen LogP contribution in [0.4, 0.5) is 23.0 Å². The summed E-state index contributed by atoms with van der Waals surface area (Å²) >= 11 is 0. The molecule has 28 heavy (non-hydrogen) atoms. The molecule has 0 radical (unpaired) electrons. The van der Waals surface area contributed by atoms with Crippen LogP contribution in [0.3, 0.4) is 0 Å². The molecule has 2 N–H and O–H groups in total. The molecule has 0 saturated heterocycles. The number of esters is 1. The minimum atomic E-state index is -0.570. The number of hydrogen-bond acceptors (Lipinski definition) is 9. The SMILES string of the molecule is CCOC(=O)c1ccc(Nc2ncnc(NCc3ccco3)c2[N+](=O)[O-])cc1. The van der Waals surface area contributed by atoms with Crippen molar-refractivity contribution in [1.82, 2.24) is 9.97 Å². The number of nitrogens with zero attached hydrogens (tertiary/aromatic N) is 3. The molecular weight excluding hydrogens is 366 g/mol. The number of carbonyl (C=O) groups is 1. The van der Waals surface area contributed by atoms with E-state index in [0.29, 0.717) is 17.0 Å². The Morgan fingerprint density at radius 2 is 1.96 bits per heavy atom. The van der Waals surface area contributed by atoms with E-state index >= 15 is 0 Å². The summed E-state index contributed by atoms with van der Waals surface area (Å²) in [6.45, 7) is 2.23. The highest BCUT2D eigenvalue weighted by molar-refractivity contribution is 5.90. The van der Waals surface area contributed by atoms with Gasteiger partial charge in [0, 0.05) is 5.69 Å². The molecule has 3 aromatic rings. The van der Waals surface area contributed by atoms with E-state index in [-0.39, 0.29) is 30.5 Å². The van der Waals surface area contributed by atoms with Gasteiger partial charge >= 0.3 is 11.7 Å². The molecule has 0 atom stereocenters. The van der Waals surface area contributed by atoms with E-state index in [1.54, 1.807) is 43.3 Å². The van der Waals surface area contributed by atoms with E-state index in [9.17, 15) is 14.9 Å². The molecule has 2 aromatic heterocycles. The molecular formula is C18H17N5O5. The van der Waals surface area contributed by atoms with Crippen molar-refractivity contribution in [2.75, 3.05) is 17.2 Å². The lowest BCUT2D eigenvalue weighted by molar-refractivity contribution is -0.383. The molecule has 0 fully saturated rings. The quantitative estimate of drug-likeness (QED) is 0.340. The number of benzene rings is 1. The highest BCUT2D eigenvalue weighted by Gasteiger charge is 2.23. The molecule has 0 aliphatic carbocycles. The molecule has 0 saturated carbocycles. The second-order valence-corrected chi connectivity index (χ2v) is 5.53. The van der Waals surface area contributed by atoms with Crippen molar-refractivity contribution < 1.29 is 18.9 Å². The van der Waals surface area contributed by atoms with Crippen molar-refractivity contribution in [1.29, 1.82) is 0 Å². The van der Waals surface area contributed by atoms with Crippen molar-refractivity contribution >= 4 is 29.0 Å². The first-order chi connectivity index (χ1) is 13.6. The monoisotopic (exact) mass is 383 g/mol. The predicted molar refractivity (Wildman–Crippen MR) is 100 cm³/mol. The van der Waals surface area contributed by atoms with Gasteiger partial charge in [0.15, 0.2) is 0 Å². The Labute approximate surface area is 159 Å². The average molecular weight is 383 g/mol. The third kappa shape index (κ3) is 4.41. The first-order valence-corrected chi connectivity index (χ1v) is 8.38. The first-order valence-electron chi connectivity index (χ1n) is 8.38. The third-order valence-electron chi connectivity index (χ3n) is 3.67. The van der Waals surface area contributed by atoms with E-state index in [2.05, 4.69) is 20.6 Å². The second kappa shape index (κ2) is 8.62. The Hall–Kier alpha value is -3.95. The lowest BCUT2D eigenvalue weighted by atomic mass is 10.2. The van der Waals surface area contributed by atoms with Gasteiger partial charge in [-0.25, -0.2) is 14.8 Å². The normalized spacial score (nSPS) is 10.3. The fourth-order valence-corrected chi connectivity index (χ4v) is 2.40. The molecule has 10 heteroatoms. The van der Waals surface area contributed by atoms with Crippen LogP contribution in [-0.2, 0) is 11.3 Å². The van der Waals surface area contributed by atoms with Crippen LogP contribution < -0.4 is 10.6 Å². The molecule has 0 aliphatic heterocycles. The molecule has 1 aromatic carbocycles. The van der Waals surface area contributed by atoms with Crippen molar-refractivity contribution in [3.63, 3.8) is 0 Å². The maximum absolute atomic E-state index is 11.7. The summed E-state index contributed by atoms with van der Waals surface area (Å²) in [5, 5.41) is 17.3. The van der Waals surface area contributed by atoms with Crippen LogP contribution in [-0.4, -0.2) is 27.5 Å². The molecule has 0 amide bonds. The van der Waals surface area contributed by atoms with Crippen LogP contribution in [0.2, 0.25) is 0 Å². The Morgan fingerprint density at radius 1 is 1.21 bits per heavy atom. The van der Waals surface area contributed by atoms with Crippen molar-refractivity contribution in [3.05, 3.63) is 70.4 Å². The number of furan rings is 1. The highest BCUT2D eigenvalue weighted by atomic mass is 16.6. The predicted octanol–water partition coefficient (Wildman–Crippen LogP) is 3.51. The Morgan fingerprint density at radius 3 is 2.61 bits per heavy atom. The summed E-state index contributed by atoms with van der Waals surface area (Å²) < 4.78 is 10.1. The van der Waals surface area contributed by atoms with Crippen LogP contribution in [0.1, 0.15) is 23.0 Å². The van der Waals surface area contributed by atoms with Gasteiger partial charge in [-0.1, -0.05) is 0 Å². The number of ether oxygens (including phenoxy) is 1. The maximum Gasteiger partial charge on any atom is 0.353 e. The molecule has 0 unspecified atom stereocenters. The number of nitrogens with one attached hydrogen (secondary N) is 2. The Balaban J connectivity index is 1.80. The van der Waals surface area contributed by atoms with E-state index in [0.717, 1.165) is 0 Å². The number of anilines is 3. The molecule has 0 spiro atoms. The van der Waals surface area contributed by atoms with Gasteiger partial charge < -0.3 is 19.8 Å². The molecule has 10 nitrogen and oxygen atoms in total. The number of aromatic nitrogens is 2. The average Bonchev–Trinajstić information content (AvgIpc) is 3.20. The van der Waals surface area contributed by atoms with Gasteiger partial charge in [0.25, 0.3) is 0 Å². The van der Waals surface area contributed by atoms with Gasteiger partial charge in [0.2, 0.25) is 11.6 Å². The summed E-state index contributed by atoms with van der Waals surface area (Å²) in [5.74, 6) is 0.247. The maximum atomic E-state index is 11.7. The van der Waals surface area contributed by atoms with Gasteiger partial charge in [-0.15, -0.1) is 0 Å². The van der Waals surface area contributed by atoms with Crippen molar-refractivity contribution in [2.24, 2.45) is 0 Å². The smallest absolute Gasteiger partial charge is 0.353 e. The topological polar surface area (TPSA) is 132 Å². The molecule has 2 heterocycles. The van der Waals surface area contributed by atoms with Crippen LogP contribution in [0.5, 0.6) is 0 Å². The lowest BCUT2D eigenvalue weighted by Crippen LogP contribution is -2.08. The van der Waals surface area contributed by atoms with Gasteiger partial charge in [-0.2, -0.15) is 0 Å². The molecule has 0 aliphatic rings. The fourth-order valence-electron chi connectivity index (χ4n) is 2.40. The van der Waals surface area contributed by atoms with Crippen LogP contribution in [0, 0.1) is 10.1 Å². The number of nitro groups is 1. The Bertz CT molecular complexity index is 957. The van der Waals surface area contributed by atoms with Crippen molar-refractivity contribution in [2.45, 2.75) is 13.5 Å². The van der Waals surface area contributed by atoms with Gasteiger partial charge in [0.1, 0.15) is 12.1 Å². The zero-order valence-corrected chi connectivity index (χ0v) is 14.9. The van der Waals surface area contributed by atoms with Crippen LogP contribution in [0.15, 0.2) is 53.4 Å². The zero-order valence-electron chi connectivity index (χ0n) is 14.9. The van der Waals surface area contributed by atoms with Gasteiger partial charge in [-0.05, 0) is 43.3 Å². The molecule has 144 valence electrons. The standard InChI is InChI=1S/C18H17N5O5/c1-2-27-18(24)12-5-7-13(8-6-12)22-17-15(23(25)26)16(20-11-21-17)19-10-14-4-3-9-28-14/h3-9,11H,2,10H2,1H3,(H2,19,20,21,22).